The maximum atomic E-state index is 13.1. The highest BCUT2D eigenvalue weighted by atomic mass is 19.1. The summed E-state index contributed by atoms with van der Waals surface area (Å²) in [5, 5.41) is 13.5. The number of H-pyrrole nitrogens is 1. The van der Waals surface area contributed by atoms with Gasteiger partial charge in [-0.15, -0.1) is 0 Å². The zero-order chi connectivity index (χ0) is 19.7. The van der Waals surface area contributed by atoms with Crippen molar-refractivity contribution in [2.24, 2.45) is 0 Å². The van der Waals surface area contributed by atoms with Crippen LogP contribution in [-0.4, -0.2) is 25.7 Å². The summed E-state index contributed by atoms with van der Waals surface area (Å²) < 4.78 is 14.5. The van der Waals surface area contributed by atoms with Gasteiger partial charge in [-0.3, -0.25) is 9.59 Å². The first kappa shape index (κ1) is 17.6. The van der Waals surface area contributed by atoms with Crippen LogP contribution in [0.25, 0.3) is 16.8 Å². The van der Waals surface area contributed by atoms with Gasteiger partial charge in [0.2, 0.25) is 5.91 Å². The second-order valence-corrected chi connectivity index (χ2v) is 6.39. The summed E-state index contributed by atoms with van der Waals surface area (Å²) in [5.74, 6) is -0.364. The Hall–Kier alpha value is -3.81. The van der Waals surface area contributed by atoms with E-state index in [1.807, 2.05) is 31.2 Å². The first-order chi connectivity index (χ1) is 13.5. The lowest BCUT2D eigenvalue weighted by Crippen LogP contribution is -2.22. The second-order valence-electron chi connectivity index (χ2n) is 6.39. The summed E-state index contributed by atoms with van der Waals surface area (Å²) in [6, 6.07) is 14.8. The standard InChI is InChI=1S/C20H16FN5O2/c1-12-2-8-15(9-3-12)22-19(27)11-18-23-24-20(28)17-10-16(25-26(17)18)13-4-6-14(21)7-5-13/h2-10H,11H2,1H3,(H,22,27)(H,24,28). The molecule has 8 heteroatoms. The number of fused-ring (bicyclic) bond motifs is 1. The lowest BCUT2D eigenvalue weighted by molar-refractivity contribution is -0.115. The Balaban J connectivity index is 1.64. The highest BCUT2D eigenvalue weighted by molar-refractivity contribution is 5.91. The molecule has 0 aliphatic heterocycles. The Morgan fingerprint density at radius 2 is 1.86 bits per heavy atom. The van der Waals surface area contributed by atoms with Gasteiger partial charge >= 0.3 is 0 Å². The SMILES string of the molecule is Cc1ccc(NC(=O)Cc2n[nH]c(=O)c3cc(-c4ccc(F)cc4)nn23)cc1. The van der Waals surface area contributed by atoms with E-state index in [1.165, 1.54) is 16.6 Å². The van der Waals surface area contributed by atoms with Crippen LogP contribution in [0.4, 0.5) is 10.1 Å². The minimum atomic E-state index is -0.427. The molecule has 0 atom stereocenters. The fourth-order valence-corrected chi connectivity index (χ4v) is 2.82. The summed E-state index contributed by atoms with van der Waals surface area (Å²) in [6.07, 6.45) is -0.0777. The predicted octanol–water partition coefficient (Wildman–Crippen LogP) is 2.71. The molecule has 0 bridgehead atoms. The molecule has 28 heavy (non-hydrogen) atoms. The molecule has 4 rings (SSSR count). The van der Waals surface area contributed by atoms with E-state index in [9.17, 15) is 14.0 Å². The van der Waals surface area contributed by atoms with Crippen LogP contribution in [-0.2, 0) is 11.2 Å². The van der Waals surface area contributed by atoms with Gasteiger partial charge in [0.25, 0.3) is 5.56 Å². The zero-order valence-corrected chi connectivity index (χ0v) is 14.9. The number of anilines is 1. The van der Waals surface area contributed by atoms with Gasteiger partial charge < -0.3 is 5.32 Å². The molecular formula is C20H16FN5O2. The molecule has 2 N–H and O–H groups in total. The molecule has 0 spiro atoms. The van der Waals surface area contributed by atoms with Crippen molar-refractivity contribution in [3.05, 3.63) is 82.2 Å². The molecule has 0 saturated carbocycles. The lowest BCUT2D eigenvalue weighted by Gasteiger charge is -2.06. The number of rotatable bonds is 4. The molecule has 0 aliphatic rings. The van der Waals surface area contributed by atoms with Crippen molar-refractivity contribution >= 4 is 17.1 Å². The van der Waals surface area contributed by atoms with E-state index in [1.54, 1.807) is 18.2 Å². The van der Waals surface area contributed by atoms with Crippen LogP contribution < -0.4 is 10.9 Å². The van der Waals surface area contributed by atoms with Gasteiger partial charge in [0.15, 0.2) is 5.82 Å². The Labute approximate surface area is 158 Å². The minimum absolute atomic E-state index is 0.0777. The topological polar surface area (TPSA) is 92.1 Å². The quantitative estimate of drug-likeness (QED) is 0.572. The first-order valence-corrected chi connectivity index (χ1v) is 8.59. The molecule has 4 aromatic rings. The first-order valence-electron chi connectivity index (χ1n) is 8.59. The molecule has 0 radical (unpaired) electrons. The Bertz CT molecular complexity index is 1210. The summed E-state index contributed by atoms with van der Waals surface area (Å²) in [7, 11) is 0. The molecule has 2 heterocycles. The average Bonchev–Trinajstić information content (AvgIpc) is 3.13. The van der Waals surface area contributed by atoms with E-state index >= 15 is 0 Å². The van der Waals surface area contributed by atoms with Gasteiger partial charge in [-0.25, -0.2) is 14.0 Å². The number of aromatic amines is 1. The van der Waals surface area contributed by atoms with Gasteiger partial charge in [0.1, 0.15) is 11.3 Å². The van der Waals surface area contributed by atoms with Crippen LogP contribution in [0.1, 0.15) is 11.4 Å². The number of benzene rings is 2. The van der Waals surface area contributed by atoms with Crippen LogP contribution in [0.15, 0.2) is 59.4 Å². The van der Waals surface area contributed by atoms with Crippen molar-refractivity contribution in [2.75, 3.05) is 5.32 Å². The number of halogens is 1. The molecule has 140 valence electrons. The number of carbonyl (C=O) groups excluding carboxylic acids is 1. The summed E-state index contributed by atoms with van der Waals surface area (Å²) >= 11 is 0. The van der Waals surface area contributed by atoms with Crippen LogP contribution >= 0.6 is 0 Å². The highest BCUT2D eigenvalue weighted by Gasteiger charge is 2.15. The van der Waals surface area contributed by atoms with E-state index < -0.39 is 5.56 Å². The number of aromatic nitrogens is 4. The van der Waals surface area contributed by atoms with E-state index in [0.717, 1.165) is 5.56 Å². The lowest BCUT2D eigenvalue weighted by atomic mass is 10.1. The van der Waals surface area contributed by atoms with Crippen LogP contribution in [0.3, 0.4) is 0 Å². The van der Waals surface area contributed by atoms with Gasteiger partial charge in [-0.05, 0) is 49.4 Å². The van der Waals surface area contributed by atoms with Crippen molar-refractivity contribution in [1.82, 2.24) is 19.8 Å². The van der Waals surface area contributed by atoms with Crippen molar-refractivity contribution in [3.8, 4) is 11.3 Å². The Kier molecular flexibility index (Phi) is 4.44. The van der Waals surface area contributed by atoms with Gasteiger partial charge in [-0.2, -0.15) is 10.2 Å². The van der Waals surface area contributed by atoms with Crippen molar-refractivity contribution < 1.29 is 9.18 Å². The summed E-state index contributed by atoms with van der Waals surface area (Å²) in [5.41, 5.74) is 2.73. The molecule has 2 aromatic heterocycles. The van der Waals surface area contributed by atoms with Crippen molar-refractivity contribution in [3.63, 3.8) is 0 Å². The third kappa shape index (κ3) is 3.52. The number of nitrogens with zero attached hydrogens (tertiary/aromatic N) is 3. The van der Waals surface area contributed by atoms with Gasteiger partial charge in [0, 0.05) is 11.3 Å². The Morgan fingerprint density at radius 3 is 2.57 bits per heavy atom. The second kappa shape index (κ2) is 7.07. The minimum Gasteiger partial charge on any atom is -0.326 e. The molecule has 7 nitrogen and oxygen atoms in total. The molecule has 2 aromatic carbocycles. The smallest absolute Gasteiger partial charge is 0.290 e. The number of amides is 1. The maximum Gasteiger partial charge on any atom is 0.290 e. The van der Waals surface area contributed by atoms with E-state index in [4.69, 9.17) is 0 Å². The van der Waals surface area contributed by atoms with E-state index in [-0.39, 0.29) is 29.5 Å². The third-order valence-electron chi connectivity index (χ3n) is 4.27. The largest absolute Gasteiger partial charge is 0.326 e. The number of hydrogen-bond donors (Lipinski definition) is 2. The molecular weight excluding hydrogens is 361 g/mol. The highest BCUT2D eigenvalue weighted by Crippen LogP contribution is 2.19. The van der Waals surface area contributed by atoms with Crippen LogP contribution in [0.5, 0.6) is 0 Å². The fourth-order valence-electron chi connectivity index (χ4n) is 2.82. The zero-order valence-electron chi connectivity index (χ0n) is 14.9. The predicted molar refractivity (Wildman–Crippen MR) is 103 cm³/mol. The van der Waals surface area contributed by atoms with E-state index in [0.29, 0.717) is 16.9 Å². The maximum absolute atomic E-state index is 13.1. The number of hydrogen-bond acceptors (Lipinski definition) is 4. The van der Waals surface area contributed by atoms with Crippen LogP contribution in [0.2, 0.25) is 0 Å². The number of carbonyl (C=O) groups is 1. The fraction of sp³-hybridized carbons (Fsp3) is 0.100. The van der Waals surface area contributed by atoms with Gasteiger partial charge in [0.05, 0.1) is 12.1 Å². The molecule has 1 amide bonds. The van der Waals surface area contributed by atoms with Crippen molar-refractivity contribution in [1.29, 1.82) is 0 Å². The Morgan fingerprint density at radius 1 is 1.14 bits per heavy atom. The molecule has 0 aliphatic carbocycles. The molecule has 0 unspecified atom stereocenters. The van der Waals surface area contributed by atoms with E-state index in [2.05, 4.69) is 20.6 Å². The number of nitrogens with one attached hydrogen (secondary N) is 2. The average molecular weight is 377 g/mol. The summed E-state index contributed by atoms with van der Waals surface area (Å²) in [4.78, 5) is 24.5. The normalized spacial score (nSPS) is 10.9. The van der Waals surface area contributed by atoms with Gasteiger partial charge in [-0.1, -0.05) is 17.7 Å². The van der Waals surface area contributed by atoms with Crippen molar-refractivity contribution in [2.45, 2.75) is 13.3 Å². The number of aryl methyl sites for hydroxylation is 1. The summed E-state index contributed by atoms with van der Waals surface area (Å²) in [6.45, 7) is 1.96. The monoisotopic (exact) mass is 377 g/mol. The third-order valence-corrected chi connectivity index (χ3v) is 4.27. The molecule has 0 saturated heterocycles. The molecule has 0 fully saturated rings. The van der Waals surface area contributed by atoms with Crippen LogP contribution in [0, 0.1) is 12.7 Å².